The predicted octanol–water partition coefficient (Wildman–Crippen LogP) is 36.6. The standard InChI is InChI=1S/C4H8O.C2H4O2.35C2H6.CH5N/c1-3-4(2)5;1-2(3)4;36*1-2/h3H2,1-2H3;1H3,(H,3,4);35*1-2H3;2H2,1H3. The smallest absolute Gasteiger partial charge is 0.300 e. The lowest BCUT2D eigenvalue weighted by Gasteiger charge is -1.71. The molecule has 0 amide bonds. The van der Waals surface area contributed by atoms with Gasteiger partial charge in [0.25, 0.3) is 5.97 Å². The largest absolute Gasteiger partial charge is 0.481 e. The van der Waals surface area contributed by atoms with Crippen molar-refractivity contribution >= 4 is 11.8 Å². The molecule has 4 heteroatoms. The summed E-state index contributed by atoms with van der Waals surface area (Å²) >= 11 is 0. The first kappa shape index (κ1) is 283. The fourth-order valence-corrected chi connectivity index (χ4v) is 0. The van der Waals surface area contributed by atoms with Crippen LogP contribution in [0.1, 0.15) is 512 Å². The Hall–Kier alpha value is -0.900. The zero-order valence-electron chi connectivity index (χ0n) is 77.5. The van der Waals surface area contributed by atoms with Crippen molar-refractivity contribution in [3.05, 3.63) is 0 Å². The van der Waals surface area contributed by atoms with Crippen LogP contribution in [0.2, 0.25) is 0 Å². The van der Waals surface area contributed by atoms with Gasteiger partial charge in [-0.3, -0.25) is 4.79 Å². The molecule has 3 N–H and O–H groups in total. The maximum atomic E-state index is 9.81. The minimum absolute atomic E-state index is 0.255. The third kappa shape index (κ3) is 389000. The number of aliphatic carboxylic acids is 1. The Morgan fingerprint density at radius 1 is 0.185 bits per heavy atom. The average Bonchev–Trinajstić information content (AvgIpc) is 3.68. The summed E-state index contributed by atoms with van der Waals surface area (Å²) < 4.78 is 0. The van der Waals surface area contributed by atoms with Crippen molar-refractivity contribution in [3.8, 4) is 0 Å². The highest BCUT2D eigenvalue weighted by Gasteiger charge is 1.76. The molecule has 0 aliphatic rings. The highest BCUT2D eigenvalue weighted by Crippen LogP contribution is 1.71. The third-order valence-corrected chi connectivity index (χ3v) is 0.498. The first-order valence-corrected chi connectivity index (χ1v) is 38.3. The van der Waals surface area contributed by atoms with E-state index < -0.39 is 5.97 Å². The second kappa shape index (κ2) is 13000. The van der Waals surface area contributed by atoms with Gasteiger partial charge in [-0.15, -0.1) is 0 Å². The SMILES string of the molecule is CC.CC.CC.CC.CC.CC.CC.CC.CC.CC.CC.CC.CC.CC.CC.CC.CC.CC.CC.CC.CC.CC.CC.CC.CC.CC.CC.CC.CC.CC.CC.CC.CC.CC.CC.CC(=O)O.CCC(C)=O.CN. The molecule has 0 rings (SSSR count). The molecule has 0 heterocycles. The summed E-state index contributed by atoms with van der Waals surface area (Å²) in [6.45, 7) is 145. The second-order valence-corrected chi connectivity index (χ2v) is 1.57. The lowest BCUT2D eigenvalue weighted by molar-refractivity contribution is -0.134. The van der Waals surface area contributed by atoms with Crippen molar-refractivity contribution in [1.82, 2.24) is 0 Å². The van der Waals surface area contributed by atoms with Crippen molar-refractivity contribution in [2.24, 2.45) is 5.73 Å². The van der Waals surface area contributed by atoms with Gasteiger partial charge in [-0.1, -0.05) is 492 Å². The Bertz CT molecular complexity index is 110. The summed E-state index contributed by atoms with van der Waals surface area (Å²) in [5.41, 5.74) is 4.50. The molecular formula is C77H227NO3. The van der Waals surface area contributed by atoms with Gasteiger partial charge in [0.2, 0.25) is 0 Å². The number of carboxylic acids is 1. The molecule has 0 saturated carbocycles. The van der Waals surface area contributed by atoms with E-state index in [0.717, 1.165) is 6.92 Å². The van der Waals surface area contributed by atoms with E-state index in [9.17, 15) is 4.79 Å². The van der Waals surface area contributed by atoms with Crippen molar-refractivity contribution in [3.63, 3.8) is 0 Å². The molecule has 0 spiro atoms. The summed E-state index contributed by atoms with van der Waals surface area (Å²) in [6, 6.07) is 0. The molecule has 0 unspecified atom stereocenters. The van der Waals surface area contributed by atoms with E-state index in [0.29, 0.717) is 6.42 Å². The van der Waals surface area contributed by atoms with Gasteiger partial charge < -0.3 is 15.6 Å². The van der Waals surface area contributed by atoms with E-state index in [2.05, 4.69) is 5.73 Å². The molecule has 0 atom stereocenters. The first-order valence-electron chi connectivity index (χ1n) is 38.3. The molecule has 0 radical (unpaired) electrons. The molecule has 0 fully saturated rings. The van der Waals surface area contributed by atoms with Crippen molar-refractivity contribution in [1.29, 1.82) is 0 Å². The van der Waals surface area contributed by atoms with E-state index in [1.54, 1.807) is 6.92 Å². The molecule has 0 bridgehead atoms. The third-order valence-electron chi connectivity index (χ3n) is 0.498. The van der Waals surface area contributed by atoms with E-state index in [1.165, 1.54) is 7.05 Å². The summed E-state index contributed by atoms with van der Waals surface area (Å²) in [4.78, 5) is 18.8. The van der Waals surface area contributed by atoms with Gasteiger partial charge in [0.15, 0.2) is 0 Å². The van der Waals surface area contributed by atoms with Gasteiger partial charge in [0, 0.05) is 13.3 Å². The molecule has 0 aromatic heterocycles. The molecule has 0 aliphatic carbocycles. The number of hydrogen-bond donors (Lipinski definition) is 2. The van der Waals surface area contributed by atoms with Crippen LogP contribution < -0.4 is 5.73 Å². The number of nitrogens with two attached hydrogens (primary N) is 1. The Balaban J connectivity index is -0.00000000654. The number of rotatable bonds is 1. The highest BCUT2D eigenvalue weighted by molar-refractivity contribution is 5.74. The number of carboxylic acid groups (broad SMARTS) is 1. The molecule has 558 valence electrons. The lowest BCUT2D eigenvalue weighted by Crippen LogP contribution is -1.80. The van der Waals surface area contributed by atoms with Crippen LogP contribution in [0.25, 0.3) is 0 Å². The Morgan fingerprint density at radius 2 is 0.198 bits per heavy atom. The van der Waals surface area contributed by atoms with Crippen LogP contribution >= 0.6 is 0 Å². The number of hydrogen-bond acceptors (Lipinski definition) is 3. The Kier molecular flexibility index (Phi) is 45300. The number of ketones is 1. The van der Waals surface area contributed by atoms with Gasteiger partial charge in [-0.25, -0.2) is 0 Å². The molecule has 0 aromatic rings. The van der Waals surface area contributed by atoms with Gasteiger partial charge in [0.05, 0.1) is 0 Å². The van der Waals surface area contributed by atoms with Crippen LogP contribution in [0.15, 0.2) is 0 Å². The Morgan fingerprint density at radius 3 is 0.198 bits per heavy atom. The van der Waals surface area contributed by atoms with Crippen LogP contribution in [-0.2, 0) is 9.59 Å². The average molecular weight is 1220 g/mol. The summed E-state index contributed by atoms with van der Waals surface area (Å²) in [5, 5.41) is 7.42. The molecule has 0 aromatic carbocycles. The monoisotopic (exact) mass is 1210 g/mol. The predicted molar refractivity (Wildman–Crippen MR) is 442 cm³/mol. The van der Waals surface area contributed by atoms with Gasteiger partial charge in [0.1, 0.15) is 5.78 Å². The van der Waals surface area contributed by atoms with Gasteiger partial charge in [-0.05, 0) is 14.0 Å². The molecule has 4 nitrogen and oxygen atoms in total. The number of carbonyl (C=O) groups excluding carboxylic acids is 1. The maximum absolute atomic E-state index is 9.81. The first-order chi connectivity index (χ1) is 40.0. The summed E-state index contributed by atoms with van der Waals surface area (Å²) in [7, 11) is 1.50. The summed E-state index contributed by atoms with van der Waals surface area (Å²) in [5.74, 6) is -0.579. The summed E-state index contributed by atoms with van der Waals surface area (Å²) in [6.07, 6.45) is 0.667. The minimum atomic E-state index is -0.833. The lowest BCUT2D eigenvalue weighted by atomic mass is 10.4. The zero-order valence-corrected chi connectivity index (χ0v) is 77.5. The normalized spacial score (nSPS) is 3.44. The van der Waals surface area contributed by atoms with Crippen LogP contribution in [0.4, 0.5) is 0 Å². The second-order valence-electron chi connectivity index (χ2n) is 1.57. The molecule has 0 saturated heterocycles. The van der Waals surface area contributed by atoms with E-state index in [-0.39, 0.29) is 5.78 Å². The quantitative estimate of drug-likeness (QED) is 0.274. The Labute approximate surface area is 548 Å². The fourth-order valence-electron chi connectivity index (χ4n) is 0. The number of Topliss-reactive ketones (excluding diaryl/α,β-unsaturated/α-hetero) is 1. The van der Waals surface area contributed by atoms with Gasteiger partial charge >= 0.3 is 0 Å². The van der Waals surface area contributed by atoms with Crippen LogP contribution in [0.3, 0.4) is 0 Å². The molecule has 0 aliphatic heterocycles. The number of carbonyl (C=O) groups is 2. The van der Waals surface area contributed by atoms with Crippen molar-refractivity contribution in [2.75, 3.05) is 7.05 Å². The van der Waals surface area contributed by atoms with Crippen molar-refractivity contribution in [2.45, 2.75) is 512 Å². The van der Waals surface area contributed by atoms with Crippen molar-refractivity contribution < 1.29 is 14.7 Å². The van der Waals surface area contributed by atoms with Crippen LogP contribution in [0, 0.1) is 0 Å². The van der Waals surface area contributed by atoms with E-state index in [1.807, 2.05) is 492 Å². The van der Waals surface area contributed by atoms with Crippen LogP contribution in [0.5, 0.6) is 0 Å². The molecule has 81 heavy (non-hydrogen) atoms. The van der Waals surface area contributed by atoms with E-state index in [4.69, 9.17) is 9.90 Å². The fraction of sp³-hybridized carbons (Fsp3) is 0.974. The highest BCUT2D eigenvalue weighted by atomic mass is 16.4. The minimum Gasteiger partial charge on any atom is -0.481 e. The zero-order chi connectivity index (χ0) is 79.9. The maximum Gasteiger partial charge on any atom is 0.300 e. The van der Waals surface area contributed by atoms with Crippen LogP contribution in [-0.4, -0.2) is 23.9 Å². The van der Waals surface area contributed by atoms with E-state index >= 15 is 0 Å². The van der Waals surface area contributed by atoms with Gasteiger partial charge in [-0.2, -0.15) is 0 Å². The molecular weight excluding hydrogens is 987 g/mol. The topological polar surface area (TPSA) is 80.4 Å².